The average Bonchev–Trinajstić information content (AvgIpc) is 2.95. The summed E-state index contributed by atoms with van der Waals surface area (Å²) < 4.78 is 5.23. The van der Waals surface area contributed by atoms with Crippen molar-refractivity contribution in [2.75, 3.05) is 12.4 Å². The van der Waals surface area contributed by atoms with Crippen molar-refractivity contribution >= 4 is 11.6 Å². The number of rotatable bonds is 3. The summed E-state index contributed by atoms with van der Waals surface area (Å²) >= 11 is 0. The van der Waals surface area contributed by atoms with Crippen LogP contribution in [0.2, 0.25) is 0 Å². The van der Waals surface area contributed by atoms with E-state index in [-0.39, 0.29) is 11.9 Å². The van der Waals surface area contributed by atoms with Gasteiger partial charge in [0, 0.05) is 18.7 Å². The minimum absolute atomic E-state index is 0.0743. The van der Waals surface area contributed by atoms with Gasteiger partial charge < -0.3 is 15.0 Å². The number of H-pyrrole nitrogens is 1. The standard InChI is InChI=1S/C14H16N4O2/c1-20-13-5-3-2-4-9(13)18-14(19)11-6-10-12(7-15-11)17-8-16-10/h2-5,8,11,15H,6-7H2,1H3,(H,16,17)(H,18,19)/t11-/m0/s1. The first-order valence-corrected chi connectivity index (χ1v) is 6.46. The number of benzene rings is 1. The zero-order valence-electron chi connectivity index (χ0n) is 11.1. The van der Waals surface area contributed by atoms with E-state index in [4.69, 9.17) is 4.74 Å². The third-order valence-electron chi connectivity index (χ3n) is 3.41. The second kappa shape index (κ2) is 5.34. The molecule has 1 aliphatic heterocycles. The van der Waals surface area contributed by atoms with Crippen LogP contribution in [0.1, 0.15) is 11.4 Å². The quantitative estimate of drug-likeness (QED) is 0.781. The Kier molecular flexibility index (Phi) is 3.39. The van der Waals surface area contributed by atoms with Crippen molar-refractivity contribution in [1.82, 2.24) is 15.3 Å². The van der Waals surface area contributed by atoms with E-state index in [1.54, 1.807) is 13.4 Å². The smallest absolute Gasteiger partial charge is 0.242 e. The minimum Gasteiger partial charge on any atom is -0.495 e. The first-order chi connectivity index (χ1) is 9.78. The van der Waals surface area contributed by atoms with Crippen LogP contribution in [-0.2, 0) is 17.8 Å². The highest BCUT2D eigenvalue weighted by atomic mass is 16.5. The van der Waals surface area contributed by atoms with Gasteiger partial charge in [0.2, 0.25) is 5.91 Å². The number of anilines is 1. The molecule has 0 bridgehead atoms. The van der Waals surface area contributed by atoms with Crippen LogP contribution in [0.5, 0.6) is 5.75 Å². The maximum absolute atomic E-state index is 12.3. The normalized spacial score (nSPS) is 17.4. The van der Waals surface area contributed by atoms with E-state index >= 15 is 0 Å². The van der Waals surface area contributed by atoms with Crippen molar-refractivity contribution in [3.63, 3.8) is 0 Å². The first-order valence-electron chi connectivity index (χ1n) is 6.46. The van der Waals surface area contributed by atoms with E-state index in [1.165, 1.54) is 0 Å². The molecule has 104 valence electrons. The van der Waals surface area contributed by atoms with Crippen LogP contribution in [0.3, 0.4) is 0 Å². The van der Waals surface area contributed by atoms with Crippen LogP contribution in [0.4, 0.5) is 5.69 Å². The molecule has 0 saturated carbocycles. The number of methoxy groups -OCH3 is 1. The number of carbonyl (C=O) groups excluding carboxylic acids is 1. The summed E-state index contributed by atoms with van der Waals surface area (Å²) in [5.74, 6) is 0.577. The van der Waals surface area contributed by atoms with Gasteiger partial charge in [-0.25, -0.2) is 4.98 Å². The molecule has 0 unspecified atom stereocenters. The van der Waals surface area contributed by atoms with Crippen molar-refractivity contribution in [1.29, 1.82) is 0 Å². The summed E-state index contributed by atoms with van der Waals surface area (Å²) in [7, 11) is 1.58. The molecule has 0 fully saturated rings. The number of imidazole rings is 1. The molecule has 0 radical (unpaired) electrons. The second-order valence-corrected chi connectivity index (χ2v) is 4.65. The number of amides is 1. The molecule has 1 aromatic heterocycles. The zero-order valence-corrected chi connectivity index (χ0v) is 11.1. The van der Waals surface area contributed by atoms with E-state index in [9.17, 15) is 4.79 Å². The van der Waals surface area contributed by atoms with Crippen molar-refractivity contribution in [2.24, 2.45) is 0 Å². The number of fused-ring (bicyclic) bond motifs is 1. The molecule has 1 aromatic carbocycles. The summed E-state index contributed by atoms with van der Waals surface area (Å²) in [4.78, 5) is 19.6. The van der Waals surface area contributed by atoms with Crippen LogP contribution in [0.25, 0.3) is 0 Å². The largest absolute Gasteiger partial charge is 0.495 e. The van der Waals surface area contributed by atoms with Gasteiger partial charge in [-0.2, -0.15) is 0 Å². The molecule has 3 N–H and O–H groups in total. The number of carbonyl (C=O) groups is 1. The fraction of sp³-hybridized carbons (Fsp3) is 0.286. The molecular weight excluding hydrogens is 256 g/mol. The number of aromatic amines is 1. The highest BCUT2D eigenvalue weighted by Gasteiger charge is 2.26. The van der Waals surface area contributed by atoms with E-state index < -0.39 is 0 Å². The molecule has 0 saturated heterocycles. The summed E-state index contributed by atoms with van der Waals surface area (Å²) in [6.45, 7) is 0.600. The maximum Gasteiger partial charge on any atom is 0.242 e. The monoisotopic (exact) mass is 272 g/mol. The Labute approximate surface area is 116 Å². The Morgan fingerprint density at radius 2 is 2.30 bits per heavy atom. The number of hydrogen-bond donors (Lipinski definition) is 3. The van der Waals surface area contributed by atoms with Crippen LogP contribution in [-0.4, -0.2) is 29.0 Å². The molecule has 6 nitrogen and oxygen atoms in total. The van der Waals surface area contributed by atoms with Crippen LogP contribution < -0.4 is 15.4 Å². The fourth-order valence-corrected chi connectivity index (χ4v) is 2.33. The van der Waals surface area contributed by atoms with Gasteiger partial charge in [-0.05, 0) is 12.1 Å². The lowest BCUT2D eigenvalue weighted by Crippen LogP contribution is -2.44. The van der Waals surface area contributed by atoms with Gasteiger partial charge in [0.05, 0.1) is 30.9 Å². The predicted octanol–water partition coefficient (Wildman–Crippen LogP) is 1.07. The van der Waals surface area contributed by atoms with Crippen molar-refractivity contribution in [2.45, 2.75) is 19.0 Å². The minimum atomic E-state index is -0.270. The second-order valence-electron chi connectivity index (χ2n) is 4.65. The number of nitrogens with zero attached hydrogens (tertiary/aromatic N) is 1. The van der Waals surface area contributed by atoms with E-state index in [1.807, 2.05) is 24.3 Å². The number of nitrogens with one attached hydrogen (secondary N) is 3. The number of aromatic nitrogens is 2. The lowest BCUT2D eigenvalue weighted by atomic mass is 10.0. The molecule has 1 atom stereocenters. The Bertz CT molecular complexity index is 623. The van der Waals surface area contributed by atoms with Gasteiger partial charge in [-0.15, -0.1) is 0 Å². The molecule has 6 heteroatoms. The fourth-order valence-electron chi connectivity index (χ4n) is 2.33. The molecule has 0 spiro atoms. The number of ether oxygens (including phenoxy) is 1. The molecule has 1 amide bonds. The Morgan fingerprint density at radius 1 is 1.45 bits per heavy atom. The van der Waals surface area contributed by atoms with Crippen LogP contribution >= 0.6 is 0 Å². The molecule has 2 aromatic rings. The van der Waals surface area contributed by atoms with Gasteiger partial charge in [0.25, 0.3) is 0 Å². The van der Waals surface area contributed by atoms with E-state index in [0.717, 1.165) is 11.4 Å². The van der Waals surface area contributed by atoms with Gasteiger partial charge in [0.1, 0.15) is 5.75 Å². The average molecular weight is 272 g/mol. The topological polar surface area (TPSA) is 79.0 Å². The van der Waals surface area contributed by atoms with Crippen LogP contribution in [0, 0.1) is 0 Å². The van der Waals surface area contributed by atoms with Gasteiger partial charge in [0.15, 0.2) is 0 Å². The van der Waals surface area contributed by atoms with Gasteiger partial charge in [-0.1, -0.05) is 12.1 Å². The molecule has 2 heterocycles. The van der Waals surface area contributed by atoms with Gasteiger partial charge in [-0.3, -0.25) is 10.1 Å². The van der Waals surface area contributed by atoms with Crippen molar-refractivity contribution in [3.05, 3.63) is 42.0 Å². The molecular formula is C14H16N4O2. The summed E-state index contributed by atoms with van der Waals surface area (Å²) in [6.07, 6.45) is 2.27. The third kappa shape index (κ3) is 2.37. The van der Waals surface area contributed by atoms with E-state index in [2.05, 4.69) is 20.6 Å². The van der Waals surface area contributed by atoms with Crippen molar-refractivity contribution in [3.8, 4) is 5.75 Å². The van der Waals surface area contributed by atoms with E-state index in [0.29, 0.717) is 24.4 Å². The summed E-state index contributed by atoms with van der Waals surface area (Å²) in [5, 5.41) is 6.08. The van der Waals surface area contributed by atoms with Crippen LogP contribution in [0.15, 0.2) is 30.6 Å². The van der Waals surface area contributed by atoms with Crippen molar-refractivity contribution < 1.29 is 9.53 Å². The molecule has 0 aliphatic carbocycles. The summed E-state index contributed by atoms with van der Waals surface area (Å²) in [5.41, 5.74) is 2.67. The SMILES string of the molecule is COc1ccccc1NC(=O)[C@@H]1Cc2[nH]cnc2CN1. The predicted molar refractivity (Wildman–Crippen MR) is 74.5 cm³/mol. The zero-order chi connectivity index (χ0) is 13.9. The lowest BCUT2D eigenvalue weighted by Gasteiger charge is -2.22. The molecule has 3 rings (SSSR count). The Morgan fingerprint density at radius 3 is 3.15 bits per heavy atom. The molecule has 20 heavy (non-hydrogen) atoms. The highest BCUT2D eigenvalue weighted by Crippen LogP contribution is 2.23. The van der Waals surface area contributed by atoms with Gasteiger partial charge >= 0.3 is 0 Å². The Balaban J connectivity index is 1.71. The highest BCUT2D eigenvalue weighted by molar-refractivity contribution is 5.96. The maximum atomic E-state index is 12.3. The molecule has 1 aliphatic rings. The number of para-hydroxylation sites is 2. The third-order valence-corrected chi connectivity index (χ3v) is 3.41. The number of hydrogen-bond acceptors (Lipinski definition) is 4. The summed E-state index contributed by atoms with van der Waals surface area (Å²) in [6, 6.07) is 7.09. The lowest BCUT2D eigenvalue weighted by molar-refractivity contribution is -0.118. The first kappa shape index (κ1) is 12.7. The Hall–Kier alpha value is -2.34.